The van der Waals surface area contributed by atoms with Crippen molar-refractivity contribution in [3.63, 3.8) is 0 Å². The van der Waals surface area contributed by atoms with Crippen molar-refractivity contribution >= 4 is 0 Å². The average molecular weight is 293 g/mol. The van der Waals surface area contributed by atoms with Gasteiger partial charge in [-0.15, -0.1) is 0 Å². The van der Waals surface area contributed by atoms with E-state index < -0.39 is 0 Å². The third-order valence-corrected chi connectivity index (χ3v) is 4.27. The average Bonchev–Trinajstić information content (AvgIpc) is 2.85. The van der Waals surface area contributed by atoms with Gasteiger partial charge in [-0.1, -0.05) is 41.0 Å². The van der Waals surface area contributed by atoms with Gasteiger partial charge in [-0.2, -0.15) is 5.10 Å². The van der Waals surface area contributed by atoms with Gasteiger partial charge in [0.2, 0.25) is 0 Å². The molecule has 0 aliphatic heterocycles. The second-order valence-corrected chi connectivity index (χ2v) is 7.31. The molecule has 0 aliphatic rings. The molecule has 3 nitrogen and oxygen atoms in total. The number of aromatic nitrogens is 2. The summed E-state index contributed by atoms with van der Waals surface area (Å²) in [4.78, 5) is 0. The van der Waals surface area contributed by atoms with Crippen LogP contribution in [-0.2, 0) is 6.42 Å². The van der Waals surface area contributed by atoms with Crippen LogP contribution in [0.15, 0.2) is 12.3 Å². The van der Waals surface area contributed by atoms with Gasteiger partial charge in [-0.3, -0.25) is 4.68 Å². The lowest BCUT2D eigenvalue weighted by atomic mass is 9.81. The van der Waals surface area contributed by atoms with Crippen molar-refractivity contribution in [2.45, 2.75) is 73.3 Å². The van der Waals surface area contributed by atoms with Gasteiger partial charge in [0, 0.05) is 18.8 Å². The molecule has 1 heterocycles. The van der Waals surface area contributed by atoms with Crippen molar-refractivity contribution in [1.29, 1.82) is 0 Å². The fourth-order valence-corrected chi connectivity index (χ4v) is 2.85. The van der Waals surface area contributed by atoms with Gasteiger partial charge < -0.3 is 5.32 Å². The molecule has 0 saturated carbocycles. The molecule has 0 saturated heterocycles. The predicted octanol–water partition coefficient (Wildman–Crippen LogP) is 4.45. The molecule has 1 aromatic rings. The SMILES string of the molecule is CCCC(C)(CNCC(C)C)Cc1ccn(C(C)CC)n1. The van der Waals surface area contributed by atoms with Crippen LogP contribution in [-0.4, -0.2) is 22.9 Å². The first-order valence-corrected chi connectivity index (χ1v) is 8.65. The Balaban J connectivity index is 2.65. The minimum absolute atomic E-state index is 0.304. The highest BCUT2D eigenvalue weighted by molar-refractivity contribution is 5.04. The van der Waals surface area contributed by atoms with Crippen LogP contribution in [0, 0.1) is 11.3 Å². The summed E-state index contributed by atoms with van der Waals surface area (Å²) in [6.45, 7) is 15.8. The van der Waals surface area contributed by atoms with Crippen molar-refractivity contribution in [1.82, 2.24) is 15.1 Å². The van der Waals surface area contributed by atoms with E-state index in [1.54, 1.807) is 0 Å². The van der Waals surface area contributed by atoms with E-state index in [-0.39, 0.29) is 0 Å². The lowest BCUT2D eigenvalue weighted by Gasteiger charge is -2.29. The van der Waals surface area contributed by atoms with E-state index in [4.69, 9.17) is 5.10 Å². The molecule has 0 spiro atoms. The van der Waals surface area contributed by atoms with Crippen LogP contribution in [0.4, 0.5) is 0 Å². The third kappa shape index (κ3) is 6.21. The van der Waals surface area contributed by atoms with Crippen molar-refractivity contribution in [2.75, 3.05) is 13.1 Å². The Morgan fingerprint density at radius 3 is 2.57 bits per heavy atom. The zero-order chi connectivity index (χ0) is 15.9. The van der Waals surface area contributed by atoms with Crippen LogP contribution >= 0.6 is 0 Å². The fraction of sp³-hybridized carbons (Fsp3) is 0.833. The first kappa shape index (κ1) is 18.2. The molecule has 1 N–H and O–H groups in total. The number of hydrogen-bond donors (Lipinski definition) is 1. The molecule has 0 amide bonds. The number of nitrogens with one attached hydrogen (secondary N) is 1. The predicted molar refractivity (Wildman–Crippen MR) is 91.7 cm³/mol. The van der Waals surface area contributed by atoms with Crippen LogP contribution in [0.2, 0.25) is 0 Å². The Labute approximate surface area is 131 Å². The Morgan fingerprint density at radius 1 is 1.29 bits per heavy atom. The molecule has 0 bridgehead atoms. The van der Waals surface area contributed by atoms with Crippen molar-refractivity contribution < 1.29 is 0 Å². The van der Waals surface area contributed by atoms with E-state index in [1.807, 2.05) is 0 Å². The molecule has 21 heavy (non-hydrogen) atoms. The second kappa shape index (κ2) is 8.57. The van der Waals surface area contributed by atoms with Crippen molar-refractivity contribution in [2.24, 2.45) is 11.3 Å². The van der Waals surface area contributed by atoms with Gasteiger partial charge in [0.05, 0.1) is 5.69 Å². The van der Waals surface area contributed by atoms with E-state index in [1.165, 1.54) is 18.5 Å². The molecule has 2 atom stereocenters. The minimum atomic E-state index is 0.304. The summed E-state index contributed by atoms with van der Waals surface area (Å²) in [6.07, 6.45) is 6.80. The Morgan fingerprint density at radius 2 is 2.00 bits per heavy atom. The minimum Gasteiger partial charge on any atom is -0.316 e. The van der Waals surface area contributed by atoms with E-state index in [2.05, 4.69) is 63.8 Å². The summed E-state index contributed by atoms with van der Waals surface area (Å²) in [5, 5.41) is 8.42. The van der Waals surface area contributed by atoms with Crippen molar-refractivity contribution in [3.8, 4) is 0 Å². The molecule has 0 aliphatic carbocycles. The van der Waals surface area contributed by atoms with E-state index in [0.29, 0.717) is 17.4 Å². The van der Waals surface area contributed by atoms with Gasteiger partial charge >= 0.3 is 0 Å². The maximum Gasteiger partial charge on any atom is 0.0630 e. The maximum absolute atomic E-state index is 4.78. The standard InChI is InChI=1S/C18H35N3/c1-7-10-18(6,14-19-13-15(3)4)12-17-9-11-21(20-17)16(5)8-2/h9,11,15-16,19H,7-8,10,12-14H2,1-6H3. The first-order chi connectivity index (χ1) is 9.90. The van der Waals surface area contributed by atoms with Crippen LogP contribution < -0.4 is 5.32 Å². The number of nitrogens with zero attached hydrogens (tertiary/aromatic N) is 2. The fourth-order valence-electron chi connectivity index (χ4n) is 2.85. The second-order valence-electron chi connectivity index (χ2n) is 7.31. The summed E-state index contributed by atoms with van der Waals surface area (Å²) >= 11 is 0. The molecule has 122 valence electrons. The summed E-state index contributed by atoms with van der Waals surface area (Å²) < 4.78 is 2.11. The largest absolute Gasteiger partial charge is 0.316 e. The summed E-state index contributed by atoms with van der Waals surface area (Å²) in [6, 6.07) is 2.69. The van der Waals surface area contributed by atoms with Crippen molar-refractivity contribution in [3.05, 3.63) is 18.0 Å². The highest BCUT2D eigenvalue weighted by Crippen LogP contribution is 2.27. The van der Waals surface area contributed by atoms with E-state index >= 15 is 0 Å². The molecular weight excluding hydrogens is 258 g/mol. The Bertz CT molecular complexity index is 397. The molecule has 3 heteroatoms. The zero-order valence-electron chi connectivity index (χ0n) is 14.9. The highest BCUT2D eigenvalue weighted by Gasteiger charge is 2.25. The van der Waals surface area contributed by atoms with Gasteiger partial charge in [0.1, 0.15) is 0 Å². The van der Waals surface area contributed by atoms with Crippen LogP contribution in [0.3, 0.4) is 0 Å². The van der Waals surface area contributed by atoms with Crippen LogP contribution in [0.1, 0.15) is 72.5 Å². The zero-order valence-corrected chi connectivity index (χ0v) is 14.9. The number of rotatable bonds is 10. The molecule has 1 aromatic heterocycles. The molecule has 2 unspecified atom stereocenters. The molecule has 0 fully saturated rings. The molecular formula is C18H35N3. The highest BCUT2D eigenvalue weighted by atomic mass is 15.3. The van der Waals surface area contributed by atoms with Crippen LogP contribution in [0.25, 0.3) is 0 Å². The first-order valence-electron chi connectivity index (χ1n) is 8.65. The van der Waals surface area contributed by atoms with Crippen LogP contribution in [0.5, 0.6) is 0 Å². The Kier molecular flexibility index (Phi) is 7.44. The van der Waals surface area contributed by atoms with E-state index in [9.17, 15) is 0 Å². The lowest BCUT2D eigenvalue weighted by Crippen LogP contribution is -2.35. The third-order valence-electron chi connectivity index (χ3n) is 4.27. The molecule has 1 rings (SSSR count). The quantitative estimate of drug-likeness (QED) is 0.691. The van der Waals surface area contributed by atoms with Gasteiger partial charge in [-0.25, -0.2) is 0 Å². The molecule has 0 aromatic carbocycles. The Hall–Kier alpha value is -0.830. The van der Waals surface area contributed by atoms with Gasteiger partial charge in [0.25, 0.3) is 0 Å². The molecule has 0 radical (unpaired) electrons. The monoisotopic (exact) mass is 293 g/mol. The topological polar surface area (TPSA) is 29.9 Å². The van der Waals surface area contributed by atoms with Gasteiger partial charge in [-0.05, 0) is 50.1 Å². The summed E-state index contributed by atoms with van der Waals surface area (Å²) in [5.41, 5.74) is 1.54. The normalized spacial score (nSPS) is 16.1. The van der Waals surface area contributed by atoms with Gasteiger partial charge in [0.15, 0.2) is 0 Å². The smallest absolute Gasteiger partial charge is 0.0630 e. The maximum atomic E-state index is 4.78. The van der Waals surface area contributed by atoms with E-state index in [0.717, 1.165) is 25.9 Å². The lowest BCUT2D eigenvalue weighted by molar-refractivity contribution is 0.267. The summed E-state index contributed by atoms with van der Waals surface area (Å²) in [7, 11) is 0. The summed E-state index contributed by atoms with van der Waals surface area (Å²) in [5.74, 6) is 0.709. The number of hydrogen-bond acceptors (Lipinski definition) is 2.